The molecule has 0 bridgehead atoms. The van der Waals surface area contributed by atoms with Crippen LogP contribution in [0.5, 0.6) is 0 Å². The quantitative estimate of drug-likeness (QED) is 0.501. The SMILES string of the molecule is CC1COCC[N-]1.[V]. The first-order valence-electron chi connectivity index (χ1n) is 2.64. The van der Waals surface area contributed by atoms with E-state index in [0.717, 1.165) is 19.8 Å². The zero-order chi connectivity index (χ0) is 5.11. The van der Waals surface area contributed by atoms with Crippen LogP contribution >= 0.6 is 0 Å². The van der Waals surface area contributed by atoms with Crippen molar-refractivity contribution in [2.45, 2.75) is 13.0 Å². The van der Waals surface area contributed by atoms with Gasteiger partial charge in [0.1, 0.15) is 0 Å². The second kappa shape index (κ2) is 4.39. The molecule has 1 fully saturated rings. The summed E-state index contributed by atoms with van der Waals surface area (Å²) in [4.78, 5) is 0. The molecule has 1 rings (SSSR count). The average molecular weight is 151 g/mol. The van der Waals surface area contributed by atoms with Crippen molar-refractivity contribution in [3.63, 3.8) is 0 Å². The van der Waals surface area contributed by atoms with Crippen molar-refractivity contribution in [2.75, 3.05) is 19.8 Å². The van der Waals surface area contributed by atoms with Crippen LogP contribution < -0.4 is 0 Å². The number of hydrogen-bond donors (Lipinski definition) is 0. The predicted molar refractivity (Wildman–Crippen MR) is 28.5 cm³/mol. The van der Waals surface area contributed by atoms with E-state index in [-0.39, 0.29) is 18.6 Å². The predicted octanol–water partition coefficient (Wildman–Crippen LogP) is 0.776. The molecule has 0 aromatic heterocycles. The van der Waals surface area contributed by atoms with Crippen molar-refractivity contribution < 1.29 is 23.3 Å². The Bertz CT molecular complexity index is 54.4. The Balaban J connectivity index is 0.000000490. The maximum absolute atomic E-state index is 5.09. The van der Waals surface area contributed by atoms with Crippen LogP contribution in [0.2, 0.25) is 0 Å². The molecule has 8 heavy (non-hydrogen) atoms. The number of morpholine rings is 1. The summed E-state index contributed by atoms with van der Waals surface area (Å²) in [6, 6.07) is 0.439. The van der Waals surface area contributed by atoms with Crippen molar-refractivity contribution in [3.05, 3.63) is 5.32 Å². The van der Waals surface area contributed by atoms with Crippen LogP contribution in [-0.4, -0.2) is 25.8 Å². The number of nitrogens with zero attached hydrogens (tertiary/aromatic N) is 1. The molecule has 0 saturated carbocycles. The summed E-state index contributed by atoms with van der Waals surface area (Å²) >= 11 is 0. The standard InChI is InChI=1S/C5H10NO.V/c1-5-4-7-3-2-6-5;/h5H,2-4H2,1H3;/q-1;. The fourth-order valence-corrected chi connectivity index (χ4v) is 0.644. The Morgan fingerprint density at radius 1 is 1.62 bits per heavy atom. The van der Waals surface area contributed by atoms with Gasteiger partial charge in [-0.1, -0.05) is 6.92 Å². The van der Waals surface area contributed by atoms with Gasteiger partial charge in [-0.15, -0.1) is 12.6 Å². The molecule has 1 unspecified atom stereocenters. The first kappa shape index (κ1) is 8.50. The number of ether oxygens (including phenoxy) is 1. The van der Waals surface area contributed by atoms with Gasteiger partial charge in [-0.3, -0.25) is 0 Å². The van der Waals surface area contributed by atoms with Gasteiger partial charge in [0.2, 0.25) is 0 Å². The third-order valence-electron chi connectivity index (χ3n) is 1.04. The molecule has 2 nitrogen and oxygen atoms in total. The maximum Gasteiger partial charge on any atom is 0.0302 e. The second-order valence-electron chi connectivity index (χ2n) is 1.83. The van der Waals surface area contributed by atoms with Gasteiger partial charge in [-0.05, 0) is 0 Å². The largest absolute Gasteiger partial charge is 0.656 e. The minimum Gasteiger partial charge on any atom is -0.656 e. The molecule has 3 heteroatoms. The minimum atomic E-state index is 0. The molecule has 1 aliphatic rings. The Morgan fingerprint density at radius 3 is 2.62 bits per heavy atom. The Kier molecular flexibility index (Phi) is 4.67. The molecule has 0 amide bonds. The van der Waals surface area contributed by atoms with Crippen LogP contribution in [0.3, 0.4) is 0 Å². The first-order chi connectivity index (χ1) is 3.39. The molecule has 0 aromatic carbocycles. The van der Waals surface area contributed by atoms with E-state index in [1.807, 2.05) is 0 Å². The molecule has 0 aliphatic carbocycles. The van der Waals surface area contributed by atoms with E-state index in [4.69, 9.17) is 4.74 Å². The summed E-state index contributed by atoms with van der Waals surface area (Å²) in [5.41, 5.74) is 0. The molecule has 0 spiro atoms. The van der Waals surface area contributed by atoms with Gasteiger partial charge in [-0.25, -0.2) is 0 Å². The zero-order valence-electron chi connectivity index (χ0n) is 5.00. The summed E-state index contributed by atoms with van der Waals surface area (Å²) in [7, 11) is 0. The normalized spacial score (nSPS) is 28.9. The molecule has 1 radical (unpaired) electrons. The second-order valence-corrected chi connectivity index (χ2v) is 1.83. The van der Waals surface area contributed by atoms with Crippen molar-refractivity contribution >= 4 is 0 Å². The van der Waals surface area contributed by atoms with Crippen LogP contribution in [-0.2, 0) is 23.3 Å². The molecule has 1 saturated heterocycles. The first-order valence-corrected chi connectivity index (χ1v) is 2.64. The van der Waals surface area contributed by atoms with Crippen molar-refractivity contribution in [2.24, 2.45) is 0 Å². The number of hydrogen-bond acceptors (Lipinski definition) is 1. The minimum absolute atomic E-state index is 0. The zero-order valence-corrected chi connectivity index (χ0v) is 6.40. The van der Waals surface area contributed by atoms with E-state index in [9.17, 15) is 0 Å². The molecule has 1 atom stereocenters. The average Bonchev–Trinajstić information content (AvgIpc) is 1.69. The van der Waals surface area contributed by atoms with Gasteiger partial charge in [-0.2, -0.15) is 0 Å². The van der Waals surface area contributed by atoms with E-state index in [2.05, 4.69) is 12.2 Å². The topological polar surface area (TPSA) is 23.3 Å². The molecule has 1 heterocycles. The van der Waals surface area contributed by atoms with Crippen LogP contribution in [0.25, 0.3) is 5.32 Å². The monoisotopic (exact) mass is 151 g/mol. The van der Waals surface area contributed by atoms with E-state index >= 15 is 0 Å². The third-order valence-corrected chi connectivity index (χ3v) is 1.04. The van der Waals surface area contributed by atoms with Crippen LogP contribution in [0, 0.1) is 0 Å². The van der Waals surface area contributed by atoms with Crippen molar-refractivity contribution in [1.29, 1.82) is 0 Å². The van der Waals surface area contributed by atoms with Gasteiger partial charge < -0.3 is 10.1 Å². The van der Waals surface area contributed by atoms with Crippen molar-refractivity contribution in [3.8, 4) is 0 Å². The fraction of sp³-hybridized carbons (Fsp3) is 1.00. The Labute approximate surface area is 61.9 Å². The van der Waals surface area contributed by atoms with Crippen molar-refractivity contribution in [1.82, 2.24) is 0 Å². The summed E-state index contributed by atoms with van der Waals surface area (Å²) < 4.78 is 5.09. The smallest absolute Gasteiger partial charge is 0.0302 e. The molecule has 0 N–H and O–H groups in total. The summed E-state index contributed by atoms with van der Waals surface area (Å²) in [5, 5.41) is 4.20. The van der Waals surface area contributed by atoms with Gasteiger partial charge >= 0.3 is 0 Å². The Morgan fingerprint density at radius 2 is 2.38 bits per heavy atom. The fourth-order valence-electron chi connectivity index (χ4n) is 0.644. The van der Waals surface area contributed by atoms with E-state index in [1.165, 1.54) is 0 Å². The molecule has 0 aromatic rings. The summed E-state index contributed by atoms with van der Waals surface area (Å²) in [6.07, 6.45) is 0. The summed E-state index contributed by atoms with van der Waals surface area (Å²) in [6.45, 7) is 4.60. The third kappa shape index (κ3) is 2.72. The molecule has 1 aliphatic heterocycles. The van der Waals surface area contributed by atoms with E-state index in [0.29, 0.717) is 6.04 Å². The molecular formula is C5H10NOV-. The van der Waals surface area contributed by atoms with Gasteiger partial charge in [0.25, 0.3) is 0 Å². The molecular weight excluding hydrogens is 141 g/mol. The maximum atomic E-state index is 5.09. The summed E-state index contributed by atoms with van der Waals surface area (Å²) in [5.74, 6) is 0. The number of rotatable bonds is 0. The Hall–Kier alpha value is 0.504. The molecule has 47 valence electrons. The van der Waals surface area contributed by atoms with E-state index in [1.54, 1.807) is 0 Å². The van der Waals surface area contributed by atoms with Gasteiger partial charge in [0, 0.05) is 31.8 Å². The van der Waals surface area contributed by atoms with Crippen LogP contribution in [0.15, 0.2) is 0 Å². The van der Waals surface area contributed by atoms with Gasteiger partial charge in [0.05, 0.1) is 0 Å². The van der Waals surface area contributed by atoms with Gasteiger partial charge in [0.15, 0.2) is 0 Å². The van der Waals surface area contributed by atoms with Crippen LogP contribution in [0.1, 0.15) is 6.92 Å². The van der Waals surface area contributed by atoms with Crippen LogP contribution in [0.4, 0.5) is 0 Å². The van der Waals surface area contributed by atoms with E-state index < -0.39 is 0 Å².